The highest BCUT2D eigenvalue weighted by molar-refractivity contribution is 5.79. The lowest BCUT2D eigenvalue weighted by molar-refractivity contribution is -0.779. The Bertz CT molecular complexity index is 719. The number of amidine groups is 1. The summed E-state index contributed by atoms with van der Waals surface area (Å²) < 4.78 is 0.632. The SMILES string of the molecule is C[N+]1(Cc2ccc(C#N)cc2)C=CN=C1Cc1ncc[nH]1. The van der Waals surface area contributed by atoms with Crippen LogP contribution in [0.25, 0.3) is 0 Å². The number of hydrogen-bond donors (Lipinski definition) is 1. The molecule has 0 fully saturated rings. The van der Waals surface area contributed by atoms with Gasteiger partial charge < -0.3 is 4.98 Å². The lowest BCUT2D eigenvalue weighted by atomic mass is 10.1. The van der Waals surface area contributed by atoms with E-state index in [2.05, 4.69) is 34.3 Å². The number of aromatic nitrogens is 2. The van der Waals surface area contributed by atoms with E-state index in [-0.39, 0.29) is 0 Å². The van der Waals surface area contributed by atoms with E-state index in [0.717, 1.165) is 18.2 Å². The average molecular weight is 278 g/mol. The van der Waals surface area contributed by atoms with Crippen molar-refractivity contribution >= 4 is 5.84 Å². The van der Waals surface area contributed by atoms with Crippen molar-refractivity contribution in [2.45, 2.75) is 13.0 Å². The van der Waals surface area contributed by atoms with Crippen LogP contribution in [0.2, 0.25) is 0 Å². The van der Waals surface area contributed by atoms with Crippen molar-refractivity contribution in [3.63, 3.8) is 0 Å². The number of nitrogens with zero attached hydrogens (tertiary/aromatic N) is 4. The molecule has 0 spiro atoms. The number of nitrogens with one attached hydrogen (secondary N) is 1. The van der Waals surface area contributed by atoms with Gasteiger partial charge >= 0.3 is 0 Å². The molecule has 0 saturated carbocycles. The van der Waals surface area contributed by atoms with Crippen molar-refractivity contribution in [1.29, 1.82) is 5.26 Å². The third kappa shape index (κ3) is 2.76. The molecule has 21 heavy (non-hydrogen) atoms. The predicted molar refractivity (Wildman–Crippen MR) is 79.9 cm³/mol. The van der Waals surface area contributed by atoms with Crippen LogP contribution in [0.15, 0.2) is 54.1 Å². The molecule has 0 saturated heterocycles. The van der Waals surface area contributed by atoms with Gasteiger partial charge in [-0.3, -0.25) is 0 Å². The molecule has 1 aromatic heterocycles. The number of nitriles is 1. The Labute approximate surface area is 123 Å². The van der Waals surface area contributed by atoms with Gasteiger partial charge in [0.25, 0.3) is 0 Å². The number of rotatable bonds is 4. The van der Waals surface area contributed by atoms with E-state index in [1.165, 1.54) is 5.56 Å². The topological polar surface area (TPSA) is 64.8 Å². The molecule has 3 rings (SSSR count). The first-order chi connectivity index (χ1) is 10.2. The highest BCUT2D eigenvalue weighted by Gasteiger charge is 2.31. The van der Waals surface area contributed by atoms with Crippen molar-refractivity contribution in [2.24, 2.45) is 4.99 Å². The number of hydrogen-bond acceptors (Lipinski definition) is 3. The van der Waals surface area contributed by atoms with Crippen LogP contribution in [0.1, 0.15) is 17.0 Å². The Balaban J connectivity index is 1.77. The van der Waals surface area contributed by atoms with Crippen LogP contribution in [-0.2, 0) is 13.0 Å². The van der Waals surface area contributed by atoms with Crippen molar-refractivity contribution in [1.82, 2.24) is 9.97 Å². The summed E-state index contributed by atoms with van der Waals surface area (Å²) in [4.78, 5) is 11.9. The maximum absolute atomic E-state index is 8.85. The summed E-state index contributed by atoms with van der Waals surface area (Å²) in [5.41, 5.74) is 1.86. The van der Waals surface area contributed by atoms with Crippen LogP contribution in [0, 0.1) is 11.3 Å². The molecule has 0 bridgehead atoms. The lowest BCUT2D eigenvalue weighted by Crippen LogP contribution is -2.42. The van der Waals surface area contributed by atoms with Gasteiger partial charge in [0.1, 0.15) is 25.0 Å². The van der Waals surface area contributed by atoms with Gasteiger partial charge in [-0.15, -0.1) is 0 Å². The molecule has 1 aromatic carbocycles. The maximum atomic E-state index is 8.85. The first-order valence-electron chi connectivity index (χ1n) is 6.77. The van der Waals surface area contributed by atoms with Gasteiger partial charge in [-0.2, -0.15) is 5.26 Å². The van der Waals surface area contributed by atoms with Gasteiger partial charge in [-0.05, 0) is 12.1 Å². The summed E-state index contributed by atoms with van der Waals surface area (Å²) >= 11 is 0. The van der Waals surface area contributed by atoms with Gasteiger partial charge in [0.2, 0.25) is 5.84 Å². The molecule has 0 radical (unpaired) electrons. The van der Waals surface area contributed by atoms with Crippen LogP contribution in [0.5, 0.6) is 0 Å². The van der Waals surface area contributed by atoms with Crippen LogP contribution < -0.4 is 0 Å². The van der Waals surface area contributed by atoms with Gasteiger partial charge in [-0.1, -0.05) is 12.1 Å². The molecular formula is C16H16N5+. The predicted octanol–water partition coefficient (Wildman–Crippen LogP) is 2.35. The number of H-pyrrole nitrogens is 1. The lowest BCUT2D eigenvalue weighted by Gasteiger charge is -2.27. The van der Waals surface area contributed by atoms with E-state index in [0.29, 0.717) is 16.5 Å². The second kappa shape index (κ2) is 5.35. The minimum Gasteiger partial charge on any atom is -0.348 e. The average Bonchev–Trinajstić information content (AvgIpc) is 3.11. The van der Waals surface area contributed by atoms with Crippen molar-refractivity contribution in [3.8, 4) is 6.07 Å². The van der Waals surface area contributed by atoms with E-state index in [9.17, 15) is 0 Å². The highest BCUT2D eigenvalue weighted by atomic mass is 15.4. The smallest absolute Gasteiger partial charge is 0.215 e. The highest BCUT2D eigenvalue weighted by Crippen LogP contribution is 2.21. The fourth-order valence-electron chi connectivity index (χ4n) is 2.46. The molecule has 1 aliphatic heterocycles. The Kier molecular flexibility index (Phi) is 3.38. The Hall–Kier alpha value is -2.71. The van der Waals surface area contributed by atoms with Crippen molar-refractivity contribution in [3.05, 3.63) is 66.0 Å². The maximum Gasteiger partial charge on any atom is 0.215 e. The summed E-state index contributed by atoms with van der Waals surface area (Å²) in [6, 6.07) is 9.84. The largest absolute Gasteiger partial charge is 0.348 e. The third-order valence-corrected chi connectivity index (χ3v) is 3.68. The molecule has 2 heterocycles. The quantitative estimate of drug-likeness (QED) is 0.872. The zero-order valence-electron chi connectivity index (χ0n) is 11.8. The van der Waals surface area contributed by atoms with E-state index in [1.54, 1.807) is 6.20 Å². The first kappa shape index (κ1) is 13.3. The van der Waals surface area contributed by atoms with Crippen molar-refractivity contribution < 1.29 is 4.48 Å². The summed E-state index contributed by atoms with van der Waals surface area (Å²) in [5.74, 6) is 1.97. The normalized spacial score (nSPS) is 20.3. The number of imidazole rings is 1. The minimum atomic E-state index is 0.632. The number of likely N-dealkylation sites (N-methyl/N-ethyl adjacent to an activating group) is 1. The Morgan fingerprint density at radius 3 is 2.76 bits per heavy atom. The molecule has 2 aromatic rings. The third-order valence-electron chi connectivity index (χ3n) is 3.68. The zero-order valence-corrected chi connectivity index (χ0v) is 11.8. The number of aromatic amines is 1. The molecule has 1 N–H and O–H groups in total. The summed E-state index contributed by atoms with van der Waals surface area (Å²) in [5, 5.41) is 8.85. The zero-order chi connectivity index (χ0) is 14.7. The second-order valence-electron chi connectivity index (χ2n) is 5.29. The number of benzene rings is 1. The monoisotopic (exact) mass is 278 g/mol. The van der Waals surface area contributed by atoms with Crippen molar-refractivity contribution in [2.75, 3.05) is 7.05 Å². The molecule has 1 aliphatic rings. The molecule has 5 heteroatoms. The van der Waals surface area contributed by atoms with E-state index in [1.807, 2.05) is 36.7 Å². The first-order valence-corrected chi connectivity index (χ1v) is 6.77. The molecular weight excluding hydrogens is 262 g/mol. The van der Waals surface area contributed by atoms with E-state index in [4.69, 9.17) is 5.26 Å². The minimum absolute atomic E-state index is 0.632. The van der Waals surface area contributed by atoms with Gasteiger partial charge in [0.15, 0.2) is 0 Å². The standard InChI is InChI=1S/C16H16N5/c1-21(12-14-4-2-13(11-17)3-5-14)9-8-20-16(21)10-15-18-6-7-19-15/h2-9H,10,12H2,1H3,(H,18,19)/q+1. The number of quaternary nitrogens is 1. The second-order valence-corrected chi connectivity index (χ2v) is 5.29. The summed E-state index contributed by atoms with van der Waals surface area (Å²) in [6.45, 7) is 0.807. The molecule has 0 amide bonds. The molecule has 0 aliphatic carbocycles. The summed E-state index contributed by atoms with van der Waals surface area (Å²) in [6.07, 6.45) is 8.21. The number of aliphatic imine (C=N–C) groups is 1. The van der Waals surface area contributed by atoms with E-state index >= 15 is 0 Å². The Morgan fingerprint density at radius 2 is 2.10 bits per heavy atom. The molecule has 1 atom stereocenters. The van der Waals surface area contributed by atoms with Gasteiger partial charge in [0, 0.05) is 18.0 Å². The summed E-state index contributed by atoms with van der Waals surface area (Å²) in [7, 11) is 2.13. The molecule has 1 unspecified atom stereocenters. The van der Waals surface area contributed by atoms with Crippen LogP contribution in [-0.4, -0.2) is 27.3 Å². The van der Waals surface area contributed by atoms with Crippen LogP contribution in [0.4, 0.5) is 0 Å². The van der Waals surface area contributed by atoms with Gasteiger partial charge in [0.05, 0.1) is 24.9 Å². The Morgan fingerprint density at radius 1 is 1.29 bits per heavy atom. The fraction of sp³-hybridized carbons (Fsp3) is 0.188. The molecule has 104 valence electrons. The fourth-order valence-corrected chi connectivity index (χ4v) is 2.46. The van der Waals surface area contributed by atoms with E-state index < -0.39 is 0 Å². The van der Waals surface area contributed by atoms with Gasteiger partial charge in [-0.25, -0.2) is 14.5 Å². The molecule has 5 nitrogen and oxygen atoms in total. The van der Waals surface area contributed by atoms with Crippen LogP contribution >= 0.6 is 0 Å². The van der Waals surface area contributed by atoms with Crippen LogP contribution in [0.3, 0.4) is 0 Å².